The van der Waals surface area contributed by atoms with Crippen LogP contribution in [0.1, 0.15) is 211 Å². The normalized spacial score (nSPS) is 12.2. The maximum absolute atomic E-state index is 13.3. The van der Waals surface area contributed by atoms with Gasteiger partial charge in [0.1, 0.15) is 35.1 Å². The van der Waals surface area contributed by atoms with Gasteiger partial charge in [0.15, 0.2) is 0 Å². The van der Waals surface area contributed by atoms with Crippen molar-refractivity contribution in [1.82, 2.24) is 25.8 Å². The van der Waals surface area contributed by atoms with Crippen LogP contribution in [0.25, 0.3) is 0 Å². The number of hydrogen-bond acceptors (Lipinski definition) is 12. The van der Waals surface area contributed by atoms with Gasteiger partial charge in [0, 0.05) is 58.5 Å². The van der Waals surface area contributed by atoms with E-state index < -0.39 is 52.7 Å². The molecule has 1 aromatic rings. The zero-order chi connectivity index (χ0) is 54.9. The number of carbonyl (C=O) groups excluding carboxylic acids is 7. The average molecular weight is 1030 g/mol. The van der Waals surface area contributed by atoms with E-state index in [1.165, 1.54) is 12.8 Å². The lowest BCUT2D eigenvalue weighted by Crippen LogP contribution is -2.44. The third kappa shape index (κ3) is 38.2. The summed E-state index contributed by atoms with van der Waals surface area (Å²) in [7, 11) is 0. The highest BCUT2D eigenvalue weighted by Gasteiger charge is 2.28. The molecule has 0 saturated carbocycles. The molecule has 0 radical (unpaired) electrons. The van der Waals surface area contributed by atoms with Crippen LogP contribution in [0, 0.1) is 0 Å². The molecule has 1 atom stereocenters. The number of hydrogen-bond donors (Lipinski definition) is 3. The van der Waals surface area contributed by atoms with Gasteiger partial charge in [0.2, 0.25) is 11.8 Å². The molecule has 5 amide bonds. The number of nitrogens with zero attached hydrogens (tertiary/aromatic N) is 2. The minimum atomic E-state index is -0.977. The number of esters is 2. The number of benzene rings is 1. The van der Waals surface area contributed by atoms with Crippen molar-refractivity contribution in [1.29, 1.82) is 0 Å². The molecule has 0 aliphatic rings. The highest BCUT2D eigenvalue weighted by atomic mass is 16.6. The van der Waals surface area contributed by atoms with E-state index >= 15 is 0 Å². The van der Waals surface area contributed by atoms with Gasteiger partial charge in [-0.25, -0.2) is 19.2 Å². The van der Waals surface area contributed by atoms with E-state index in [0.717, 1.165) is 56.9 Å². The van der Waals surface area contributed by atoms with Crippen molar-refractivity contribution in [2.75, 3.05) is 39.3 Å². The second kappa shape index (κ2) is 35.2. The van der Waals surface area contributed by atoms with Gasteiger partial charge in [0.05, 0.1) is 0 Å². The molecule has 3 N–H and O–H groups in total. The monoisotopic (exact) mass is 1030 g/mol. The largest absolute Gasteiger partial charge is 0.460 e. The van der Waals surface area contributed by atoms with Crippen LogP contribution in [0.4, 0.5) is 14.4 Å². The highest BCUT2D eigenvalue weighted by molar-refractivity contribution is 5.85. The topological polar surface area (TPSA) is 208 Å². The van der Waals surface area contributed by atoms with E-state index in [1.54, 1.807) is 72.1 Å². The Morgan fingerprint density at radius 2 is 0.890 bits per heavy atom. The van der Waals surface area contributed by atoms with Gasteiger partial charge in [-0.05, 0) is 134 Å². The van der Waals surface area contributed by atoms with E-state index in [-0.39, 0.29) is 50.2 Å². The number of ether oxygens (including phenoxy) is 5. The number of unbranched alkanes of at least 4 members (excludes halogenated alkanes) is 11. The lowest BCUT2D eigenvalue weighted by atomic mass is 10.0. The minimum absolute atomic E-state index is 0.0192. The number of alkyl carbamates (subject to hydrolysis) is 1. The summed E-state index contributed by atoms with van der Waals surface area (Å²) in [4.78, 5) is 92.9. The predicted octanol–water partition coefficient (Wildman–Crippen LogP) is 11.1. The zero-order valence-corrected chi connectivity index (χ0v) is 47.1. The molecule has 73 heavy (non-hydrogen) atoms. The van der Waals surface area contributed by atoms with Gasteiger partial charge in [-0.1, -0.05) is 88.1 Å². The molecule has 0 aliphatic carbocycles. The number of rotatable bonds is 34. The second-order valence-electron chi connectivity index (χ2n) is 22.9. The molecule has 17 heteroatoms. The Balaban J connectivity index is 2.57. The summed E-state index contributed by atoms with van der Waals surface area (Å²) in [6, 6.07) is 8.39. The molecule has 1 aromatic carbocycles. The summed E-state index contributed by atoms with van der Waals surface area (Å²) in [6.07, 6.45) is 12.7. The van der Waals surface area contributed by atoms with E-state index in [4.69, 9.17) is 23.7 Å². The Morgan fingerprint density at radius 1 is 0.466 bits per heavy atom. The van der Waals surface area contributed by atoms with Crippen LogP contribution >= 0.6 is 0 Å². The molecule has 0 aliphatic heterocycles. The van der Waals surface area contributed by atoms with Crippen molar-refractivity contribution in [3.63, 3.8) is 0 Å². The van der Waals surface area contributed by atoms with Crippen molar-refractivity contribution in [2.24, 2.45) is 0 Å². The van der Waals surface area contributed by atoms with Crippen LogP contribution in [0.2, 0.25) is 0 Å². The summed E-state index contributed by atoms with van der Waals surface area (Å²) < 4.78 is 27.6. The number of carbonyl (C=O) groups is 7. The zero-order valence-electron chi connectivity index (χ0n) is 47.1. The second-order valence-corrected chi connectivity index (χ2v) is 22.9. The molecular weight excluding hydrogens is 935 g/mol. The summed E-state index contributed by atoms with van der Waals surface area (Å²) in [5.41, 5.74) is -1.77. The van der Waals surface area contributed by atoms with E-state index in [9.17, 15) is 33.6 Å². The molecule has 0 spiro atoms. The average Bonchev–Trinajstić information content (AvgIpc) is 3.26. The van der Waals surface area contributed by atoms with Gasteiger partial charge in [-0.3, -0.25) is 14.4 Å². The van der Waals surface area contributed by atoms with E-state index in [0.29, 0.717) is 71.2 Å². The van der Waals surface area contributed by atoms with E-state index in [2.05, 4.69) is 16.0 Å². The maximum Gasteiger partial charge on any atom is 0.410 e. The van der Waals surface area contributed by atoms with Gasteiger partial charge in [0.25, 0.3) is 0 Å². The fourth-order valence-electron chi connectivity index (χ4n) is 7.37. The SMILES string of the molecule is CC(C)(C)OC(=O)CCCCCCCCCCCCCC(=O)NC(CCC(=O)NCCCN(CCCCN(CCCNC(=O)OCc1ccccc1)C(=O)OC(C)(C)C)C(=O)OC(C)(C)C)C(=O)OC(C)(C)C. The quantitative estimate of drug-likeness (QED) is 0.0335. The number of nitrogens with one attached hydrogen (secondary N) is 3. The third-order valence-corrected chi connectivity index (χ3v) is 10.8. The van der Waals surface area contributed by atoms with Crippen LogP contribution in [0.5, 0.6) is 0 Å². The van der Waals surface area contributed by atoms with E-state index in [1.807, 2.05) is 51.1 Å². The molecule has 0 saturated heterocycles. The molecule has 0 aromatic heterocycles. The van der Waals surface area contributed by atoms with Crippen molar-refractivity contribution in [2.45, 2.75) is 240 Å². The summed E-state index contributed by atoms with van der Waals surface area (Å²) in [5, 5.41) is 8.42. The van der Waals surface area contributed by atoms with Crippen molar-refractivity contribution < 1.29 is 57.2 Å². The van der Waals surface area contributed by atoms with Gasteiger partial charge >= 0.3 is 30.2 Å². The summed E-state index contributed by atoms with van der Waals surface area (Å²) in [6.45, 7) is 23.7. The Kier molecular flexibility index (Phi) is 31.8. The van der Waals surface area contributed by atoms with Gasteiger partial charge < -0.3 is 49.4 Å². The smallest absolute Gasteiger partial charge is 0.410 e. The molecule has 0 fully saturated rings. The Hall–Kier alpha value is -5.09. The molecule has 17 nitrogen and oxygen atoms in total. The van der Waals surface area contributed by atoms with Crippen molar-refractivity contribution >= 4 is 42.0 Å². The van der Waals surface area contributed by atoms with Crippen molar-refractivity contribution in [3.8, 4) is 0 Å². The Morgan fingerprint density at radius 3 is 1.36 bits per heavy atom. The Labute approximate surface area is 439 Å². The van der Waals surface area contributed by atoms with Crippen LogP contribution < -0.4 is 16.0 Å². The van der Waals surface area contributed by atoms with Gasteiger partial charge in [-0.2, -0.15) is 0 Å². The minimum Gasteiger partial charge on any atom is -0.460 e. The fourth-order valence-corrected chi connectivity index (χ4v) is 7.37. The summed E-state index contributed by atoms with van der Waals surface area (Å²) in [5.74, 6) is -1.27. The first-order valence-corrected chi connectivity index (χ1v) is 27.0. The van der Waals surface area contributed by atoms with Crippen molar-refractivity contribution in [3.05, 3.63) is 35.9 Å². The van der Waals surface area contributed by atoms with Crippen LogP contribution in [-0.2, 0) is 49.5 Å². The van der Waals surface area contributed by atoms with Crippen LogP contribution in [0.3, 0.4) is 0 Å². The van der Waals surface area contributed by atoms with Gasteiger partial charge in [-0.15, -0.1) is 0 Å². The molecule has 1 rings (SSSR count). The molecule has 418 valence electrons. The lowest BCUT2D eigenvalue weighted by Gasteiger charge is -2.29. The maximum atomic E-state index is 13.3. The van der Waals surface area contributed by atoms with Crippen LogP contribution in [-0.4, -0.2) is 120 Å². The molecular formula is C56H97N5O12. The lowest BCUT2D eigenvalue weighted by molar-refractivity contribution is -0.159. The summed E-state index contributed by atoms with van der Waals surface area (Å²) >= 11 is 0. The first-order chi connectivity index (χ1) is 34.1. The van der Waals surface area contributed by atoms with Crippen LogP contribution in [0.15, 0.2) is 30.3 Å². The fraction of sp³-hybridized carbons (Fsp3) is 0.768. The first-order valence-electron chi connectivity index (χ1n) is 27.0. The Bertz CT molecular complexity index is 1770. The molecule has 0 bridgehead atoms. The molecule has 0 heterocycles. The predicted molar refractivity (Wildman–Crippen MR) is 285 cm³/mol. The highest BCUT2D eigenvalue weighted by Crippen LogP contribution is 2.17. The molecule has 1 unspecified atom stereocenters. The standard InChI is InChI=1S/C56H97N5O12/c1-53(2,3)70-48(64)34-26-21-19-17-15-13-14-16-18-20-25-33-47(63)59-45(49(65)71-54(4,5)6)35-36-46(62)57-37-29-41-60(51(67)72-55(7,8)9)39-27-28-40-61(52(68)73-56(10,11)12)42-30-38-58-50(66)69-43-44-31-23-22-24-32-44/h22-24,31-32,45H,13-21,25-30,33-43H2,1-12H3,(H,57,62)(H,58,66)(H,59,63). The first kappa shape index (κ1) is 65.9. The number of amides is 5. The third-order valence-electron chi connectivity index (χ3n) is 10.8.